The number of hydrogen-bond acceptors (Lipinski definition) is 1. The predicted molar refractivity (Wildman–Crippen MR) is 200 cm³/mol. The molecule has 0 unspecified atom stereocenters. The van der Waals surface area contributed by atoms with Crippen LogP contribution in [0.15, 0.2) is 174 Å². The second-order valence-electron chi connectivity index (χ2n) is 10.3. The van der Waals surface area contributed by atoms with Crippen molar-refractivity contribution in [3.63, 3.8) is 0 Å². The molecule has 0 bridgehead atoms. The van der Waals surface area contributed by atoms with Gasteiger partial charge in [0.05, 0.1) is 38.4 Å². The number of hydrogen-bond donors (Lipinski definition) is 0. The van der Waals surface area contributed by atoms with E-state index in [1.165, 1.54) is 0 Å². The third-order valence-electron chi connectivity index (χ3n) is 7.76. The second kappa shape index (κ2) is 10.2. The van der Waals surface area contributed by atoms with Gasteiger partial charge < -0.3 is 4.42 Å². The van der Waals surface area contributed by atoms with E-state index in [2.05, 4.69) is 0 Å². The fourth-order valence-corrected chi connectivity index (χ4v) is 5.80. The van der Waals surface area contributed by atoms with Crippen molar-refractivity contribution in [3.05, 3.63) is 169 Å². The average Bonchev–Trinajstić information content (AvgIpc) is 3.81. The van der Waals surface area contributed by atoms with E-state index in [-0.39, 0.29) is 0 Å². The van der Waals surface area contributed by atoms with Crippen molar-refractivity contribution in [2.24, 2.45) is 0 Å². The van der Waals surface area contributed by atoms with Crippen LogP contribution < -0.4 is 0 Å². The van der Waals surface area contributed by atoms with Gasteiger partial charge in [0.1, 0.15) is 11.2 Å². The number of furan rings is 1. The van der Waals surface area contributed by atoms with Gasteiger partial charge in [-0.15, -0.1) is 0 Å². The molecule has 1 heterocycles. The van der Waals surface area contributed by atoms with E-state index < -0.39 is 268 Å². The van der Waals surface area contributed by atoms with E-state index >= 15 is 0 Å². The lowest BCUT2D eigenvalue weighted by Gasteiger charge is -2.19. The summed E-state index contributed by atoms with van der Waals surface area (Å²) in [5.41, 5.74) is -5.81. The molecule has 0 saturated heterocycles. The molecule has 9 aromatic carbocycles. The first-order chi connectivity index (χ1) is 35.0. The average molecular weight is 625 g/mol. The van der Waals surface area contributed by atoms with Gasteiger partial charge in [-0.2, -0.15) is 0 Å². The Balaban J connectivity index is 1.53. The van der Waals surface area contributed by atoms with Gasteiger partial charge in [0.15, 0.2) is 0 Å². The first-order valence-corrected chi connectivity index (χ1v) is 13.9. The smallest absolute Gasteiger partial charge is 0.136 e. The molecule has 0 fully saturated rings. The Hall–Kier alpha value is -6.18. The van der Waals surface area contributed by atoms with Gasteiger partial charge in [0.2, 0.25) is 0 Å². The van der Waals surface area contributed by atoms with Crippen molar-refractivity contribution in [2.45, 2.75) is 0 Å². The van der Waals surface area contributed by atoms with Gasteiger partial charge in [-0.3, -0.25) is 0 Å². The Morgan fingerprint density at radius 3 is 1.51 bits per heavy atom. The minimum absolute atomic E-state index is 0.454. The molecule has 0 amide bonds. The summed E-state index contributed by atoms with van der Waals surface area (Å²) in [6, 6.07) is -26.1. The highest BCUT2D eigenvalue weighted by Crippen LogP contribution is 2.47. The summed E-state index contributed by atoms with van der Waals surface area (Å²) in [6.45, 7) is 0. The number of fused-ring (bicyclic) bond motifs is 7. The highest BCUT2D eigenvalue weighted by molar-refractivity contribution is 6.24. The van der Waals surface area contributed by atoms with Crippen molar-refractivity contribution in [3.8, 4) is 33.4 Å². The zero-order chi connectivity index (χ0) is 55.3. The molecule has 0 atom stereocenters. The van der Waals surface area contributed by atoms with E-state index in [0.29, 0.717) is 0 Å². The van der Waals surface area contributed by atoms with Gasteiger partial charge >= 0.3 is 0 Å². The molecule has 47 heavy (non-hydrogen) atoms. The highest BCUT2D eigenvalue weighted by Gasteiger charge is 2.20. The first-order valence-electron chi connectivity index (χ1n) is 27.9. The number of rotatable bonds is 3. The van der Waals surface area contributed by atoms with Crippen molar-refractivity contribution in [2.75, 3.05) is 0 Å². The molecule has 0 aliphatic carbocycles. The predicted octanol–water partition coefficient (Wildman–Crippen LogP) is 13.2. The topological polar surface area (TPSA) is 13.1 Å². The maximum atomic E-state index is 9.87. The summed E-state index contributed by atoms with van der Waals surface area (Å²) in [6.07, 6.45) is 0. The standard InChI is InChI=1S/C46H28O/c1-2-12-29(13-3-1)33-23-24-40(35-17-7-6-16-34(33)35)46-38-20-10-8-18-36(38)45(37-19-9-11-21-39(37)46)32-22-25-43-41(27-32)42-26-30-14-4-5-15-31(30)28-44(42)47-43/h1-28H/i1D,2D,3D,4D,5D,6D,7D,8D,9D,10D,11D,12D,13D,14D,15D,16D,17D,18D,19D,20D,21D,22D,23D,24D,25D,26D,27D,28D. The summed E-state index contributed by atoms with van der Waals surface area (Å²) < 4.78 is 259. The Morgan fingerprint density at radius 1 is 0.319 bits per heavy atom. The minimum atomic E-state index is -1.09. The van der Waals surface area contributed by atoms with Crippen molar-refractivity contribution in [1.29, 1.82) is 0 Å². The molecule has 218 valence electrons. The van der Waals surface area contributed by atoms with Crippen LogP contribution in [0, 0.1) is 0 Å². The van der Waals surface area contributed by atoms with Crippen LogP contribution >= 0.6 is 0 Å². The van der Waals surface area contributed by atoms with Crippen LogP contribution in [0.1, 0.15) is 38.4 Å². The van der Waals surface area contributed by atoms with E-state index in [4.69, 9.17) is 26.3 Å². The molecular formula is C46H28O. The van der Waals surface area contributed by atoms with Crippen LogP contribution in [-0.4, -0.2) is 0 Å². The normalized spacial score (nSPS) is 20.2. The van der Waals surface area contributed by atoms with E-state index in [1.807, 2.05) is 0 Å². The van der Waals surface area contributed by atoms with Crippen molar-refractivity contribution >= 4 is 65.0 Å². The molecule has 0 N–H and O–H groups in total. The molecule has 1 nitrogen and oxygen atoms in total. The van der Waals surface area contributed by atoms with Crippen LogP contribution in [0.25, 0.3) is 98.4 Å². The van der Waals surface area contributed by atoms with E-state index in [0.717, 1.165) is 0 Å². The summed E-state index contributed by atoms with van der Waals surface area (Å²) in [7, 11) is 0. The lowest BCUT2D eigenvalue weighted by Crippen LogP contribution is -1.92. The Labute approximate surface area is 311 Å². The second-order valence-corrected chi connectivity index (χ2v) is 10.3. The summed E-state index contributed by atoms with van der Waals surface area (Å²) in [5, 5.41) is -6.51. The largest absolute Gasteiger partial charge is 0.456 e. The SMILES string of the molecule is [2H]c1c([2H])c([2H])c(-c2c([2H])c([2H])c(-c3c4c([2H])c([2H])c([2H])c([2H])c4c(-c4c([2H])c([2H])c5oc6c([2H])c7c([2H])c([2H])c([2H])c([2H])c7c([2H])c6c5c4[2H])c4c([2H])c([2H])c([2H])c([2H])c34)c3c([2H])c([2H])c([2H])c([2H])c23)c([2H])c1[2H]. The fourth-order valence-electron chi connectivity index (χ4n) is 5.80. The van der Waals surface area contributed by atoms with Crippen LogP contribution in [0.5, 0.6) is 0 Å². The quantitative estimate of drug-likeness (QED) is 0.178. The number of benzene rings is 9. The molecule has 0 aliphatic rings. The summed E-state index contributed by atoms with van der Waals surface area (Å²) in [5.74, 6) is 0. The van der Waals surface area contributed by atoms with Gasteiger partial charge in [0, 0.05) is 10.8 Å². The summed E-state index contributed by atoms with van der Waals surface area (Å²) >= 11 is 0. The van der Waals surface area contributed by atoms with Gasteiger partial charge in [-0.05, 0) is 101 Å². The van der Waals surface area contributed by atoms with Crippen LogP contribution in [-0.2, 0) is 0 Å². The van der Waals surface area contributed by atoms with Gasteiger partial charge in [0.25, 0.3) is 0 Å². The van der Waals surface area contributed by atoms with Crippen molar-refractivity contribution in [1.82, 2.24) is 0 Å². The van der Waals surface area contributed by atoms with Crippen LogP contribution in [0.4, 0.5) is 0 Å². The molecule has 0 spiro atoms. The minimum Gasteiger partial charge on any atom is -0.456 e. The molecule has 0 aliphatic heterocycles. The molecule has 1 aromatic heterocycles. The van der Waals surface area contributed by atoms with E-state index in [9.17, 15) is 16.4 Å². The Morgan fingerprint density at radius 2 is 0.830 bits per heavy atom. The third kappa shape index (κ3) is 3.97. The maximum Gasteiger partial charge on any atom is 0.136 e. The molecule has 1 heteroatoms. The lowest BCUT2D eigenvalue weighted by molar-refractivity contribution is 0.669. The summed E-state index contributed by atoms with van der Waals surface area (Å²) in [4.78, 5) is 0. The zero-order valence-electron chi connectivity index (χ0n) is 51.4. The van der Waals surface area contributed by atoms with Gasteiger partial charge in [-0.1, -0.05) is 145 Å². The third-order valence-corrected chi connectivity index (χ3v) is 7.76. The molecular weight excluding hydrogens is 569 g/mol. The fraction of sp³-hybridized carbons (Fsp3) is 0. The Bertz CT molecular complexity index is 4330. The molecule has 10 aromatic rings. The highest BCUT2D eigenvalue weighted by atomic mass is 16.3. The molecule has 10 rings (SSSR count). The monoisotopic (exact) mass is 624 g/mol. The lowest BCUT2D eigenvalue weighted by atomic mass is 9.83. The Kier molecular flexibility index (Phi) is 2.31. The zero-order valence-corrected chi connectivity index (χ0v) is 23.4. The van der Waals surface area contributed by atoms with Crippen molar-refractivity contribution < 1.29 is 42.8 Å². The van der Waals surface area contributed by atoms with E-state index in [1.54, 1.807) is 0 Å². The van der Waals surface area contributed by atoms with Crippen LogP contribution in [0.2, 0.25) is 0 Å². The molecule has 0 saturated carbocycles. The van der Waals surface area contributed by atoms with Gasteiger partial charge in [-0.25, -0.2) is 0 Å². The molecule has 0 radical (unpaired) electrons. The maximum absolute atomic E-state index is 9.87. The first kappa shape index (κ1) is 10.7. The van der Waals surface area contributed by atoms with Crippen LogP contribution in [0.3, 0.4) is 0 Å².